The quantitative estimate of drug-likeness (QED) is 0.570. The van der Waals surface area contributed by atoms with Crippen LogP contribution in [0.5, 0.6) is 0 Å². The summed E-state index contributed by atoms with van der Waals surface area (Å²) in [6.07, 6.45) is -0.241. The maximum atomic E-state index is 11.5. The van der Waals surface area contributed by atoms with Gasteiger partial charge in [-0.25, -0.2) is 4.39 Å². The summed E-state index contributed by atoms with van der Waals surface area (Å²) in [4.78, 5) is 9.11. The van der Waals surface area contributed by atoms with Crippen LogP contribution in [0.4, 0.5) is 22.0 Å². The van der Waals surface area contributed by atoms with E-state index in [9.17, 15) is 22.0 Å². The molecule has 0 rings (SSSR count). The maximum absolute atomic E-state index is 11.5. The Balaban J connectivity index is 4.43. The van der Waals surface area contributed by atoms with Crippen LogP contribution in [-0.4, -0.2) is 24.8 Å². The Bertz CT molecular complexity index is 132. The van der Waals surface area contributed by atoms with Gasteiger partial charge in [0.1, 0.15) is 0 Å². The summed E-state index contributed by atoms with van der Waals surface area (Å²) >= 11 is 0. The Labute approximate surface area is 52.8 Å². The lowest BCUT2D eigenvalue weighted by Gasteiger charge is -2.16. The summed E-state index contributed by atoms with van der Waals surface area (Å²) in [6.45, 7) is -2.57. The van der Waals surface area contributed by atoms with Gasteiger partial charge in [-0.1, -0.05) is 0 Å². The molecule has 0 aromatic rings. The highest BCUT2D eigenvalue weighted by atomic mass is 19.3. The molecule has 1 nitrogen and oxygen atoms in total. The summed E-state index contributed by atoms with van der Waals surface area (Å²) in [5.74, 6) is -9.96. The fourth-order valence-electron chi connectivity index (χ4n) is 0.159. The predicted molar refractivity (Wildman–Crippen MR) is 21.6 cm³/mol. The molecule has 0 unspecified atom stereocenters. The SMILES string of the molecule is O=[C]C(F)(F)C(F)(F)CF. The van der Waals surface area contributed by atoms with Gasteiger partial charge in [-0.15, -0.1) is 0 Å². The van der Waals surface area contributed by atoms with Crippen molar-refractivity contribution in [3.63, 3.8) is 0 Å². The van der Waals surface area contributed by atoms with Crippen LogP contribution >= 0.6 is 0 Å². The number of hydrogen-bond acceptors (Lipinski definition) is 1. The smallest absolute Gasteiger partial charge is 0.283 e. The molecular weight excluding hydrogens is 159 g/mol. The van der Waals surface area contributed by atoms with Gasteiger partial charge >= 0.3 is 11.8 Å². The molecule has 59 valence electrons. The van der Waals surface area contributed by atoms with E-state index in [0.717, 1.165) is 0 Å². The Morgan fingerprint density at radius 3 is 1.70 bits per heavy atom. The number of halogens is 5. The third-order valence-electron chi connectivity index (χ3n) is 0.755. The highest BCUT2D eigenvalue weighted by Crippen LogP contribution is 2.32. The number of rotatable bonds is 3. The average Bonchev–Trinajstić information content (AvgIpc) is 1.88. The van der Waals surface area contributed by atoms with Gasteiger partial charge in [0.2, 0.25) is 0 Å². The molecule has 0 amide bonds. The summed E-state index contributed by atoms with van der Waals surface area (Å²) in [5, 5.41) is 0. The van der Waals surface area contributed by atoms with E-state index in [1.165, 1.54) is 0 Å². The third kappa shape index (κ3) is 1.43. The number of carbonyl (C=O) groups excluding carboxylic acids is 1. The first-order valence-electron chi connectivity index (χ1n) is 2.08. The van der Waals surface area contributed by atoms with Gasteiger partial charge in [0.05, 0.1) is 0 Å². The van der Waals surface area contributed by atoms with Gasteiger partial charge in [0.15, 0.2) is 6.67 Å². The van der Waals surface area contributed by atoms with E-state index in [1.807, 2.05) is 0 Å². The standard InChI is InChI=1S/C4H2F5O/c5-1-3(6,7)4(8,9)2-10/h1H2. The highest BCUT2D eigenvalue weighted by molar-refractivity contribution is 5.62. The topological polar surface area (TPSA) is 17.1 Å². The van der Waals surface area contributed by atoms with Gasteiger partial charge in [0.25, 0.3) is 6.29 Å². The summed E-state index contributed by atoms with van der Waals surface area (Å²) < 4.78 is 57.2. The molecule has 10 heavy (non-hydrogen) atoms. The first kappa shape index (κ1) is 9.32. The fraction of sp³-hybridized carbons (Fsp3) is 0.750. The van der Waals surface area contributed by atoms with E-state index < -0.39 is 18.5 Å². The molecule has 0 fully saturated rings. The molecule has 1 radical (unpaired) electrons. The van der Waals surface area contributed by atoms with Gasteiger partial charge in [0, 0.05) is 0 Å². The van der Waals surface area contributed by atoms with Gasteiger partial charge in [-0.3, -0.25) is 4.79 Å². The third-order valence-corrected chi connectivity index (χ3v) is 0.755. The van der Waals surface area contributed by atoms with E-state index in [-0.39, 0.29) is 6.29 Å². The Hall–Kier alpha value is -0.680. The van der Waals surface area contributed by atoms with Crippen LogP contribution in [0.2, 0.25) is 0 Å². The summed E-state index contributed by atoms with van der Waals surface area (Å²) in [5.41, 5.74) is 0. The van der Waals surface area contributed by atoms with E-state index in [1.54, 1.807) is 0 Å². The van der Waals surface area contributed by atoms with Crippen molar-refractivity contribution >= 4 is 6.29 Å². The van der Waals surface area contributed by atoms with Crippen molar-refractivity contribution in [1.82, 2.24) is 0 Å². The van der Waals surface area contributed by atoms with E-state index in [0.29, 0.717) is 0 Å². The zero-order chi connectivity index (χ0) is 8.41. The van der Waals surface area contributed by atoms with Crippen molar-refractivity contribution in [2.75, 3.05) is 6.67 Å². The van der Waals surface area contributed by atoms with Crippen LogP contribution in [0.1, 0.15) is 0 Å². The molecular formula is C4H2F5O. The second-order valence-corrected chi connectivity index (χ2v) is 1.51. The summed E-state index contributed by atoms with van der Waals surface area (Å²) in [6, 6.07) is 0. The van der Waals surface area contributed by atoms with Crippen LogP contribution in [0, 0.1) is 0 Å². The van der Waals surface area contributed by atoms with Gasteiger partial charge < -0.3 is 0 Å². The Morgan fingerprint density at radius 1 is 1.20 bits per heavy atom. The second-order valence-electron chi connectivity index (χ2n) is 1.51. The van der Waals surface area contributed by atoms with Crippen molar-refractivity contribution in [3.05, 3.63) is 0 Å². The zero-order valence-corrected chi connectivity index (χ0v) is 4.51. The van der Waals surface area contributed by atoms with E-state index >= 15 is 0 Å². The minimum atomic E-state index is -5.03. The number of hydrogen-bond donors (Lipinski definition) is 0. The minimum absolute atomic E-state index is 0.241. The van der Waals surface area contributed by atoms with Crippen LogP contribution < -0.4 is 0 Å². The van der Waals surface area contributed by atoms with Crippen LogP contribution in [0.3, 0.4) is 0 Å². The lowest BCUT2D eigenvalue weighted by atomic mass is 10.2. The molecule has 0 aliphatic carbocycles. The molecule has 0 aliphatic heterocycles. The molecule has 0 bridgehead atoms. The molecule has 6 heteroatoms. The molecule has 0 aromatic heterocycles. The van der Waals surface area contributed by atoms with Gasteiger partial charge in [-0.2, -0.15) is 17.6 Å². The largest absolute Gasteiger partial charge is 0.377 e. The molecule has 0 saturated carbocycles. The first-order chi connectivity index (χ1) is 4.37. The zero-order valence-electron chi connectivity index (χ0n) is 4.51. The first-order valence-corrected chi connectivity index (χ1v) is 2.08. The molecule has 0 atom stereocenters. The Kier molecular flexibility index (Phi) is 2.34. The molecule has 0 aromatic carbocycles. The average molecular weight is 161 g/mol. The maximum Gasteiger partial charge on any atom is 0.377 e. The molecule has 0 heterocycles. The lowest BCUT2D eigenvalue weighted by molar-refractivity contribution is -0.175. The monoisotopic (exact) mass is 161 g/mol. The van der Waals surface area contributed by atoms with Crippen LogP contribution in [0.15, 0.2) is 0 Å². The van der Waals surface area contributed by atoms with Crippen LogP contribution in [0.25, 0.3) is 0 Å². The van der Waals surface area contributed by atoms with Gasteiger partial charge in [-0.05, 0) is 0 Å². The normalized spacial score (nSPS) is 13.3. The van der Waals surface area contributed by atoms with Crippen molar-refractivity contribution < 1.29 is 26.7 Å². The molecule has 0 spiro atoms. The minimum Gasteiger partial charge on any atom is -0.283 e. The van der Waals surface area contributed by atoms with Crippen molar-refractivity contribution in [3.8, 4) is 0 Å². The summed E-state index contributed by atoms with van der Waals surface area (Å²) in [7, 11) is 0. The lowest BCUT2D eigenvalue weighted by Crippen LogP contribution is -2.43. The van der Waals surface area contributed by atoms with Crippen molar-refractivity contribution in [2.24, 2.45) is 0 Å². The van der Waals surface area contributed by atoms with Crippen molar-refractivity contribution in [1.29, 1.82) is 0 Å². The molecule has 0 N–H and O–H groups in total. The van der Waals surface area contributed by atoms with Crippen molar-refractivity contribution in [2.45, 2.75) is 11.8 Å². The Morgan fingerprint density at radius 2 is 1.60 bits per heavy atom. The predicted octanol–water partition coefficient (Wildman–Crippen LogP) is 1.34. The fourth-order valence-corrected chi connectivity index (χ4v) is 0.159. The highest BCUT2D eigenvalue weighted by Gasteiger charge is 2.57. The van der Waals surface area contributed by atoms with E-state index in [2.05, 4.69) is 0 Å². The molecule has 0 saturated heterocycles. The molecule has 0 aliphatic rings. The van der Waals surface area contributed by atoms with E-state index in [4.69, 9.17) is 4.79 Å². The number of alkyl halides is 5. The van der Waals surface area contributed by atoms with Crippen LogP contribution in [-0.2, 0) is 4.79 Å². The second kappa shape index (κ2) is 2.51.